The Kier molecular flexibility index (Phi) is 5.82. The van der Waals surface area contributed by atoms with Gasteiger partial charge in [0, 0.05) is 25.0 Å². The van der Waals surface area contributed by atoms with Crippen molar-refractivity contribution in [3.05, 3.63) is 41.6 Å². The van der Waals surface area contributed by atoms with Crippen LogP contribution in [0.1, 0.15) is 18.4 Å². The van der Waals surface area contributed by atoms with Crippen molar-refractivity contribution in [3.8, 4) is 6.07 Å². The number of hydrogen-bond donors (Lipinski definition) is 2. The van der Waals surface area contributed by atoms with E-state index in [1.807, 2.05) is 0 Å². The van der Waals surface area contributed by atoms with Crippen molar-refractivity contribution in [1.29, 1.82) is 5.26 Å². The highest BCUT2D eigenvalue weighted by atomic mass is 19.4. The number of amides is 1. The van der Waals surface area contributed by atoms with Gasteiger partial charge in [0.25, 0.3) is 5.91 Å². The van der Waals surface area contributed by atoms with E-state index in [1.54, 1.807) is 6.07 Å². The third-order valence-electron chi connectivity index (χ3n) is 3.47. The number of carbonyl (C=O) groups excluding carboxylic acids is 1. The van der Waals surface area contributed by atoms with Gasteiger partial charge in [0.2, 0.25) is 0 Å². The van der Waals surface area contributed by atoms with E-state index in [1.165, 1.54) is 12.1 Å². The van der Waals surface area contributed by atoms with Crippen molar-refractivity contribution in [2.75, 3.05) is 18.5 Å². The molecule has 0 saturated carbocycles. The largest absolute Gasteiger partial charge is 0.416 e. The first kappa shape index (κ1) is 17.8. The fourth-order valence-corrected chi connectivity index (χ4v) is 2.17. The lowest BCUT2D eigenvalue weighted by Crippen LogP contribution is -2.32. The lowest BCUT2D eigenvalue weighted by Gasteiger charge is -2.10. The van der Waals surface area contributed by atoms with Crippen molar-refractivity contribution < 1.29 is 22.7 Å². The fourth-order valence-electron chi connectivity index (χ4n) is 2.17. The second-order valence-electron chi connectivity index (χ2n) is 5.23. The molecule has 2 N–H and O–H groups in total. The number of alkyl halides is 3. The predicted molar refractivity (Wildman–Crippen MR) is 80.7 cm³/mol. The molecule has 5 nitrogen and oxygen atoms in total. The summed E-state index contributed by atoms with van der Waals surface area (Å²) in [5, 5.41) is 14.3. The van der Waals surface area contributed by atoms with E-state index >= 15 is 0 Å². The maximum absolute atomic E-state index is 12.5. The van der Waals surface area contributed by atoms with E-state index in [9.17, 15) is 18.0 Å². The van der Waals surface area contributed by atoms with Crippen LogP contribution in [0.3, 0.4) is 0 Å². The zero-order valence-electron chi connectivity index (χ0n) is 12.7. The van der Waals surface area contributed by atoms with Gasteiger partial charge in [-0.05, 0) is 37.1 Å². The van der Waals surface area contributed by atoms with E-state index in [2.05, 4.69) is 10.6 Å². The molecule has 1 amide bonds. The van der Waals surface area contributed by atoms with Gasteiger partial charge in [-0.3, -0.25) is 4.79 Å². The van der Waals surface area contributed by atoms with Gasteiger partial charge in [0.1, 0.15) is 11.6 Å². The Bertz CT molecular complexity index is 642. The Labute approximate surface area is 137 Å². The molecule has 1 saturated heterocycles. The number of nitrogens with zero attached hydrogens (tertiary/aromatic N) is 1. The molecule has 1 aliphatic rings. The summed E-state index contributed by atoms with van der Waals surface area (Å²) < 4.78 is 42.8. The molecule has 128 valence electrons. The summed E-state index contributed by atoms with van der Waals surface area (Å²) in [5.41, 5.74) is -0.609. The molecule has 0 radical (unpaired) electrons. The molecule has 1 aromatic carbocycles. The lowest BCUT2D eigenvalue weighted by molar-refractivity contribution is -0.137. The minimum atomic E-state index is -4.41. The average Bonchev–Trinajstić information content (AvgIpc) is 3.06. The van der Waals surface area contributed by atoms with Crippen LogP contribution in [0.2, 0.25) is 0 Å². The maximum Gasteiger partial charge on any atom is 0.416 e. The van der Waals surface area contributed by atoms with E-state index < -0.39 is 17.6 Å². The minimum absolute atomic E-state index is 0.0447. The monoisotopic (exact) mass is 339 g/mol. The van der Waals surface area contributed by atoms with Crippen LogP contribution in [0.15, 0.2) is 36.0 Å². The highest BCUT2D eigenvalue weighted by Gasteiger charge is 2.29. The summed E-state index contributed by atoms with van der Waals surface area (Å²) in [5.74, 6) is -0.563. The Morgan fingerprint density at radius 2 is 2.08 bits per heavy atom. The number of rotatable bonds is 5. The molecule has 8 heteroatoms. The van der Waals surface area contributed by atoms with Crippen LogP contribution in [0.4, 0.5) is 18.9 Å². The van der Waals surface area contributed by atoms with Gasteiger partial charge >= 0.3 is 6.18 Å². The molecule has 0 bridgehead atoms. The molecule has 1 atom stereocenters. The van der Waals surface area contributed by atoms with E-state index in [4.69, 9.17) is 10.00 Å². The number of ether oxygens (including phenoxy) is 1. The van der Waals surface area contributed by atoms with Crippen molar-refractivity contribution in [1.82, 2.24) is 5.32 Å². The fraction of sp³-hybridized carbons (Fsp3) is 0.375. The Balaban J connectivity index is 1.92. The van der Waals surface area contributed by atoms with Crippen LogP contribution in [-0.2, 0) is 15.7 Å². The normalized spacial score (nSPS) is 18.1. The number of hydrogen-bond acceptors (Lipinski definition) is 4. The second-order valence-corrected chi connectivity index (χ2v) is 5.23. The standard InChI is InChI=1S/C16H16F3N3O2/c17-16(18,19)12-3-5-13(6-4-12)21-9-11(8-20)15(23)22-10-14-2-1-7-24-14/h3-6,9,14,21H,1-2,7,10H2,(H,22,23)/b11-9-. The summed E-state index contributed by atoms with van der Waals surface area (Å²) in [7, 11) is 0. The topological polar surface area (TPSA) is 74.2 Å². The first-order valence-corrected chi connectivity index (χ1v) is 7.34. The molecule has 24 heavy (non-hydrogen) atoms. The molecule has 1 heterocycles. The number of nitrogens with one attached hydrogen (secondary N) is 2. The molecule has 0 aromatic heterocycles. The molecule has 0 aliphatic carbocycles. The summed E-state index contributed by atoms with van der Waals surface area (Å²) in [6.07, 6.45) is -1.49. The highest BCUT2D eigenvalue weighted by molar-refractivity contribution is 5.97. The third kappa shape index (κ3) is 4.99. The van der Waals surface area contributed by atoms with Crippen LogP contribution < -0.4 is 10.6 Å². The van der Waals surface area contributed by atoms with Gasteiger partial charge < -0.3 is 15.4 Å². The zero-order chi connectivity index (χ0) is 17.6. The van der Waals surface area contributed by atoms with Crippen molar-refractivity contribution in [3.63, 3.8) is 0 Å². The summed E-state index contributed by atoms with van der Waals surface area (Å²) in [6.45, 7) is 0.981. The van der Waals surface area contributed by atoms with E-state index in [0.29, 0.717) is 18.8 Å². The minimum Gasteiger partial charge on any atom is -0.376 e. The van der Waals surface area contributed by atoms with E-state index in [0.717, 1.165) is 31.2 Å². The third-order valence-corrected chi connectivity index (χ3v) is 3.47. The van der Waals surface area contributed by atoms with Gasteiger partial charge in [-0.25, -0.2) is 0 Å². The van der Waals surface area contributed by atoms with Gasteiger partial charge in [-0.2, -0.15) is 18.4 Å². The quantitative estimate of drug-likeness (QED) is 0.639. The van der Waals surface area contributed by atoms with E-state index in [-0.39, 0.29) is 11.7 Å². The lowest BCUT2D eigenvalue weighted by atomic mass is 10.2. The smallest absolute Gasteiger partial charge is 0.376 e. The molecular formula is C16H16F3N3O2. The highest BCUT2D eigenvalue weighted by Crippen LogP contribution is 2.29. The van der Waals surface area contributed by atoms with Crippen molar-refractivity contribution >= 4 is 11.6 Å². The van der Waals surface area contributed by atoms with Crippen LogP contribution in [0.5, 0.6) is 0 Å². The van der Waals surface area contributed by atoms with Crippen LogP contribution in [0, 0.1) is 11.3 Å². The Morgan fingerprint density at radius 3 is 2.62 bits per heavy atom. The Hall–Kier alpha value is -2.53. The molecule has 1 unspecified atom stereocenters. The number of anilines is 1. The molecule has 1 aliphatic heterocycles. The molecule has 1 fully saturated rings. The van der Waals surface area contributed by atoms with Crippen LogP contribution in [-0.4, -0.2) is 25.2 Å². The van der Waals surface area contributed by atoms with Gasteiger partial charge in [0.05, 0.1) is 11.7 Å². The number of halogens is 3. The molecule has 2 rings (SSSR count). The van der Waals surface area contributed by atoms with Crippen molar-refractivity contribution in [2.24, 2.45) is 0 Å². The van der Waals surface area contributed by atoms with Gasteiger partial charge in [-0.15, -0.1) is 0 Å². The predicted octanol–water partition coefficient (Wildman–Crippen LogP) is 2.82. The second kappa shape index (κ2) is 7.84. The van der Waals surface area contributed by atoms with Crippen LogP contribution in [0.25, 0.3) is 0 Å². The first-order valence-electron chi connectivity index (χ1n) is 7.34. The zero-order valence-corrected chi connectivity index (χ0v) is 12.7. The van der Waals surface area contributed by atoms with Gasteiger partial charge in [0.15, 0.2) is 0 Å². The summed E-state index contributed by atoms with van der Waals surface area (Å²) in [4.78, 5) is 11.9. The SMILES string of the molecule is N#C/C(=C/Nc1ccc(C(F)(F)F)cc1)C(=O)NCC1CCCO1. The molecule has 1 aromatic rings. The maximum atomic E-state index is 12.5. The van der Waals surface area contributed by atoms with Crippen molar-refractivity contribution in [2.45, 2.75) is 25.1 Å². The number of carbonyl (C=O) groups is 1. The molecule has 0 spiro atoms. The summed E-state index contributed by atoms with van der Waals surface area (Å²) >= 11 is 0. The Morgan fingerprint density at radius 1 is 1.38 bits per heavy atom. The summed E-state index contributed by atoms with van der Waals surface area (Å²) in [6, 6.07) is 6.02. The van der Waals surface area contributed by atoms with Crippen LogP contribution >= 0.6 is 0 Å². The number of nitriles is 1. The first-order chi connectivity index (χ1) is 11.4. The average molecular weight is 339 g/mol. The molecular weight excluding hydrogens is 323 g/mol. The van der Waals surface area contributed by atoms with Gasteiger partial charge in [-0.1, -0.05) is 0 Å². The number of benzene rings is 1.